The SMILES string of the molecule is CCC(CC)(c1ccc(OCC(=O)C(C)C(C)C)c(C)c1)c1cc2cc(N=O)ccc2s1. The fraction of sp³-hybridized carbons (Fsp3) is 0.444. The second kappa shape index (κ2) is 9.95. The molecule has 0 saturated carbocycles. The van der Waals surface area contributed by atoms with E-state index in [1.165, 1.54) is 10.4 Å². The van der Waals surface area contributed by atoms with Gasteiger partial charge in [0.1, 0.15) is 18.0 Å². The van der Waals surface area contributed by atoms with E-state index >= 15 is 0 Å². The minimum atomic E-state index is -0.121. The van der Waals surface area contributed by atoms with Gasteiger partial charge in [-0.3, -0.25) is 4.79 Å². The standard InChI is InChI=1S/C27H33NO3S/c1-7-27(8-2,26-15-20-14-22(28-30)10-12-25(20)32-26)21-9-11-24(18(5)13-21)31-16-23(29)19(6)17(3)4/h9-15,17,19H,7-8,16H2,1-6H3. The molecule has 0 radical (unpaired) electrons. The van der Waals surface area contributed by atoms with Crippen LogP contribution in [0.25, 0.3) is 10.1 Å². The second-order valence-corrected chi connectivity index (χ2v) is 10.1. The second-order valence-electron chi connectivity index (χ2n) is 8.98. The summed E-state index contributed by atoms with van der Waals surface area (Å²) in [5.41, 5.74) is 2.62. The molecule has 0 aliphatic heterocycles. The third-order valence-electron chi connectivity index (χ3n) is 6.89. The minimum absolute atomic E-state index is 0.00898. The van der Waals surface area contributed by atoms with Crippen LogP contribution in [0, 0.1) is 23.7 Å². The highest BCUT2D eigenvalue weighted by Gasteiger charge is 2.33. The monoisotopic (exact) mass is 451 g/mol. The molecule has 0 amide bonds. The van der Waals surface area contributed by atoms with Gasteiger partial charge in [-0.05, 0) is 77.7 Å². The maximum Gasteiger partial charge on any atom is 0.173 e. The molecule has 0 N–H and O–H groups in total. The Morgan fingerprint density at radius 3 is 2.38 bits per heavy atom. The molecule has 2 aromatic carbocycles. The van der Waals surface area contributed by atoms with E-state index in [0.717, 1.165) is 34.2 Å². The van der Waals surface area contributed by atoms with Gasteiger partial charge in [0.2, 0.25) is 0 Å². The van der Waals surface area contributed by atoms with E-state index in [1.54, 1.807) is 17.4 Å². The lowest BCUT2D eigenvalue weighted by Gasteiger charge is -2.32. The number of Topliss-reactive ketones (excluding diaryl/α,β-unsaturated/α-hetero) is 1. The fourth-order valence-electron chi connectivity index (χ4n) is 4.23. The van der Waals surface area contributed by atoms with Crippen molar-refractivity contribution in [2.45, 2.75) is 59.8 Å². The molecule has 170 valence electrons. The van der Waals surface area contributed by atoms with Crippen molar-refractivity contribution in [2.24, 2.45) is 17.0 Å². The van der Waals surface area contributed by atoms with Gasteiger partial charge in [-0.1, -0.05) is 46.8 Å². The van der Waals surface area contributed by atoms with Crippen LogP contribution >= 0.6 is 11.3 Å². The van der Waals surface area contributed by atoms with Gasteiger partial charge in [-0.2, -0.15) is 0 Å². The zero-order valence-corrected chi connectivity index (χ0v) is 20.7. The molecule has 3 aromatic rings. The van der Waals surface area contributed by atoms with Gasteiger partial charge in [-0.15, -0.1) is 16.2 Å². The number of ketones is 1. The summed E-state index contributed by atoms with van der Waals surface area (Å²) in [6.07, 6.45) is 1.91. The average molecular weight is 452 g/mol. The molecule has 1 aromatic heterocycles. The van der Waals surface area contributed by atoms with Crippen molar-refractivity contribution < 1.29 is 9.53 Å². The van der Waals surface area contributed by atoms with Crippen molar-refractivity contribution in [3.05, 3.63) is 63.4 Å². The van der Waals surface area contributed by atoms with Crippen LogP contribution in [0.4, 0.5) is 5.69 Å². The van der Waals surface area contributed by atoms with Crippen LogP contribution in [0.2, 0.25) is 0 Å². The van der Waals surface area contributed by atoms with Crippen molar-refractivity contribution in [2.75, 3.05) is 6.61 Å². The van der Waals surface area contributed by atoms with E-state index in [1.807, 2.05) is 32.0 Å². The number of hydrogen-bond donors (Lipinski definition) is 0. The lowest BCUT2D eigenvalue weighted by atomic mass is 9.74. The molecule has 1 heterocycles. The molecule has 0 fully saturated rings. The Bertz CT molecular complexity index is 1110. The number of hydrogen-bond acceptors (Lipinski definition) is 5. The lowest BCUT2D eigenvalue weighted by Crippen LogP contribution is -2.25. The van der Waals surface area contributed by atoms with E-state index in [2.05, 4.69) is 51.1 Å². The first kappa shape index (κ1) is 24.1. The van der Waals surface area contributed by atoms with Gasteiger partial charge in [0.25, 0.3) is 0 Å². The quantitative estimate of drug-likeness (QED) is 0.294. The number of benzene rings is 2. The molecule has 0 bridgehead atoms. The fourth-order valence-corrected chi connectivity index (χ4v) is 5.63. The molecule has 3 rings (SSSR count). The van der Waals surface area contributed by atoms with E-state index in [4.69, 9.17) is 4.74 Å². The van der Waals surface area contributed by atoms with Crippen LogP contribution in [-0.2, 0) is 10.2 Å². The Morgan fingerprint density at radius 1 is 1.06 bits per heavy atom. The van der Waals surface area contributed by atoms with Crippen LogP contribution in [0.15, 0.2) is 47.6 Å². The predicted octanol–water partition coefficient (Wildman–Crippen LogP) is 7.95. The highest BCUT2D eigenvalue weighted by atomic mass is 32.1. The van der Waals surface area contributed by atoms with Crippen LogP contribution in [-0.4, -0.2) is 12.4 Å². The van der Waals surface area contributed by atoms with Gasteiger partial charge in [0.05, 0.1) is 0 Å². The highest BCUT2D eigenvalue weighted by Crippen LogP contribution is 2.45. The molecule has 0 aliphatic carbocycles. The normalized spacial score (nSPS) is 12.8. The van der Waals surface area contributed by atoms with Crippen LogP contribution in [0.5, 0.6) is 5.75 Å². The first-order chi connectivity index (χ1) is 15.2. The number of carbonyl (C=O) groups is 1. The summed E-state index contributed by atoms with van der Waals surface area (Å²) in [5.74, 6) is 1.20. The van der Waals surface area contributed by atoms with Gasteiger partial charge in [0, 0.05) is 20.9 Å². The Morgan fingerprint density at radius 2 is 1.78 bits per heavy atom. The molecular weight excluding hydrogens is 418 g/mol. The van der Waals surface area contributed by atoms with Crippen molar-refractivity contribution in [1.29, 1.82) is 0 Å². The number of nitroso groups, excluding NO2 is 1. The molecule has 0 spiro atoms. The highest BCUT2D eigenvalue weighted by molar-refractivity contribution is 7.19. The van der Waals surface area contributed by atoms with Crippen LogP contribution in [0.3, 0.4) is 0 Å². The maximum absolute atomic E-state index is 12.4. The van der Waals surface area contributed by atoms with E-state index < -0.39 is 0 Å². The maximum atomic E-state index is 12.4. The number of thiophene rings is 1. The Hall–Kier alpha value is -2.53. The smallest absolute Gasteiger partial charge is 0.173 e. The van der Waals surface area contributed by atoms with Gasteiger partial charge in [-0.25, -0.2) is 0 Å². The summed E-state index contributed by atoms with van der Waals surface area (Å²) < 4.78 is 7.06. The Balaban J connectivity index is 1.92. The Labute approximate surface area is 195 Å². The van der Waals surface area contributed by atoms with Gasteiger partial charge >= 0.3 is 0 Å². The third-order valence-corrected chi connectivity index (χ3v) is 8.21. The summed E-state index contributed by atoms with van der Waals surface area (Å²) in [6, 6.07) is 14.1. The van der Waals surface area contributed by atoms with E-state index in [9.17, 15) is 9.70 Å². The molecule has 0 saturated heterocycles. The lowest BCUT2D eigenvalue weighted by molar-refractivity contribution is -0.125. The van der Waals surface area contributed by atoms with Crippen LogP contribution in [0.1, 0.15) is 63.5 Å². The summed E-state index contributed by atoms with van der Waals surface area (Å²) in [4.78, 5) is 24.6. The number of carbonyl (C=O) groups excluding carboxylic acids is 1. The first-order valence-corrected chi connectivity index (χ1v) is 12.2. The molecule has 1 unspecified atom stereocenters. The predicted molar refractivity (Wildman–Crippen MR) is 134 cm³/mol. The summed E-state index contributed by atoms with van der Waals surface area (Å²) in [6.45, 7) is 12.7. The van der Waals surface area contributed by atoms with Crippen molar-refractivity contribution >= 4 is 32.9 Å². The van der Waals surface area contributed by atoms with Crippen molar-refractivity contribution in [3.8, 4) is 5.75 Å². The summed E-state index contributed by atoms with van der Waals surface area (Å²) in [5, 5.41) is 4.14. The average Bonchev–Trinajstić information content (AvgIpc) is 3.22. The molecule has 5 heteroatoms. The zero-order valence-electron chi connectivity index (χ0n) is 19.9. The van der Waals surface area contributed by atoms with E-state index in [-0.39, 0.29) is 23.7 Å². The summed E-state index contributed by atoms with van der Waals surface area (Å²) >= 11 is 1.78. The number of nitrogens with zero attached hydrogens (tertiary/aromatic N) is 1. The molecule has 4 nitrogen and oxygen atoms in total. The summed E-state index contributed by atoms with van der Waals surface area (Å²) in [7, 11) is 0. The van der Waals surface area contributed by atoms with Crippen LogP contribution < -0.4 is 4.74 Å². The largest absolute Gasteiger partial charge is 0.486 e. The molecular formula is C27H33NO3S. The minimum Gasteiger partial charge on any atom is -0.486 e. The van der Waals surface area contributed by atoms with Crippen molar-refractivity contribution in [3.63, 3.8) is 0 Å². The van der Waals surface area contributed by atoms with Gasteiger partial charge in [0.15, 0.2) is 5.78 Å². The van der Waals surface area contributed by atoms with Crippen molar-refractivity contribution in [1.82, 2.24) is 0 Å². The number of aryl methyl sites for hydroxylation is 1. The topological polar surface area (TPSA) is 55.7 Å². The first-order valence-electron chi connectivity index (χ1n) is 11.4. The molecule has 0 aliphatic rings. The third kappa shape index (κ3) is 4.63. The van der Waals surface area contributed by atoms with E-state index in [0.29, 0.717) is 11.6 Å². The number of ether oxygens (including phenoxy) is 1. The molecule has 32 heavy (non-hydrogen) atoms. The number of rotatable bonds is 10. The Kier molecular flexibility index (Phi) is 7.50. The van der Waals surface area contributed by atoms with Gasteiger partial charge < -0.3 is 4.74 Å². The zero-order chi connectivity index (χ0) is 23.5. The molecule has 1 atom stereocenters. The number of fused-ring (bicyclic) bond motifs is 1.